The first-order chi connectivity index (χ1) is 9.26. The standard InChI is InChI=1S/C15H21F3N2/c1-14(2)11-20(9-3-8-19-14)10-12-4-6-13(7-5-12)15(16,17)18/h4-7,19H,3,8-11H2,1-2H3. The molecule has 1 N–H and O–H groups in total. The van der Waals surface area contributed by atoms with E-state index in [4.69, 9.17) is 0 Å². The molecule has 0 atom stereocenters. The van der Waals surface area contributed by atoms with Crippen LogP contribution in [-0.2, 0) is 12.7 Å². The molecule has 1 aliphatic rings. The highest BCUT2D eigenvalue weighted by atomic mass is 19.4. The van der Waals surface area contributed by atoms with E-state index < -0.39 is 11.7 Å². The van der Waals surface area contributed by atoms with Gasteiger partial charge in [0.2, 0.25) is 0 Å². The van der Waals surface area contributed by atoms with Crippen LogP contribution in [0.5, 0.6) is 0 Å². The summed E-state index contributed by atoms with van der Waals surface area (Å²) in [5, 5.41) is 3.48. The van der Waals surface area contributed by atoms with Crippen molar-refractivity contribution < 1.29 is 13.2 Å². The van der Waals surface area contributed by atoms with E-state index in [1.807, 2.05) is 0 Å². The quantitative estimate of drug-likeness (QED) is 0.897. The summed E-state index contributed by atoms with van der Waals surface area (Å²) in [6, 6.07) is 5.48. The molecule has 1 fully saturated rings. The van der Waals surface area contributed by atoms with Crippen molar-refractivity contribution in [2.45, 2.75) is 38.5 Å². The molecular formula is C15H21F3N2. The summed E-state index contributed by atoms with van der Waals surface area (Å²) >= 11 is 0. The van der Waals surface area contributed by atoms with Gasteiger partial charge >= 0.3 is 6.18 Å². The van der Waals surface area contributed by atoms with Gasteiger partial charge in [-0.1, -0.05) is 12.1 Å². The molecule has 1 aliphatic heterocycles. The van der Waals surface area contributed by atoms with Crippen LogP contribution in [0.1, 0.15) is 31.4 Å². The minimum Gasteiger partial charge on any atom is -0.310 e. The molecule has 2 rings (SSSR count). The molecule has 0 saturated carbocycles. The lowest BCUT2D eigenvalue weighted by Crippen LogP contribution is -2.46. The fraction of sp³-hybridized carbons (Fsp3) is 0.600. The average molecular weight is 286 g/mol. The third kappa shape index (κ3) is 4.21. The van der Waals surface area contributed by atoms with E-state index in [1.54, 1.807) is 12.1 Å². The molecule has 2 nitrogen and oxygen atoms in total. The molecule has 20 heavy (non-hydrogen) atoms. The zero-order chi connectivity index (χ0) is 14.8. The fourth-order valence-electron chi connectivity index (χ4n) is 2.62. The zero-order valence-electron chi connectivity index (χ0n) is 11.9. The molecule has 0 aromatic heterocycles. The molecule has 1 aromatic rings. The summed E-state index contributed by atoms with van der Waals surface area (Å²) < 4.78 is 37.5. The van der Waals surface area contributed by atoms with Crippen molar-refractivity contribution in [3.63, 3.8) is 0 Å². The molecule has 112 valence electrons. The van der Waals surface area contributed by atoms with Gasteiger partial charge in [-0.15, -0.1) is 0 Å². The first-order valence-electron chi connectivity index (χ1n) is 6.90. The molecule has 0 unspecified atom stereocenters. The molecule has 5 heteroatoms. The molecule has 1 heterocycles. The molecular weight excluding hydrogens is 265 g/mol. The lowest BCUT2D eigenvalue weighted by molar-refractivity contribution is -0.137. The lowest BCUT2D eigenvalue weighted by atomic mass is 10.0. The Balaban J connectivity index is 2.02. The van der Waals surface area contributed by atoms with Gasteiger partial charge in [-0.25, -0.2) is 0 Å². The highest BCUT2D eigenvalue weighted by Gasteiger charge is 2.30. The van der Waals surface area contributed by atoms with Gasteiger partial charge in [0.25, 0.3) is 0 Å². The number of rotatable bonds is 2. The van der Waals surface area contributed by atoms with Crippen LogP contribution < -0.4 is 5.32 Å². The molecule has 0 aliphatic carbocycles. The predicted molar refractivity (Wildman–Crippen MR) is 73.4 cm³/mol. The first-order valence-corrected chi connectivity index (χ1v) is 6.90. The predicted octanol–water partition coefficient (Wildman–Crippen LogP) is 3.28. The van der Waals surface area contributed by atoms with E-state index in [-0.39, 0.29) is 5.54 Å². The number of hydrogen-bond acceptors (Lipinski definition) is 2. The van der Waals surface area contributed by atoms with Gasteiger partial charge < -0.3 is 5.32 Å². The second-order valence-corrected chi connectivity index (χ2v) is 6.07. The van der Waals surface area contributed by atoms with Crippen LogP contribution in [0.2, 0.25) is 0 Å². The van der Waals surface area contributed by atoms with Gasteiger partial charge in [0.15, 0.2) is 0 Å². The number of hydrogen-bond donors (Lipinski definition) is 1. The van der Waals surface area contributed by atoms with E-state index in [2.05, 4.69) is 24.1 Å². The zero-order valence-corrected chi connectivity index (χ0v) is 11.9. The van der Waals surface area contributed by atoms with Gasteiger partial charge in [-0.05, 0) is 51.1 Å². The topological polar surface area (TPSA) is 15.3 Å². The number of alkyl halides is 3. The summed E-state index contributed by atoms with van der Waals surface area (Å²) in [6.07, 6.45) is -3.20. The van der Waals surface area contributed by atoms with Crippen molar-refractivity contribution in [3.8, 4) is 0 Å². The van der Waals surface area contributed by atoms with Crippen LogP contribution in [0.4, 0.5) is 13.2 Å². The van der Waals surface area contributed by atoms with Crippen LogP contribution in [-0.4, -0.2) is 30.1 Å². The second kappa shape index (κ2) is 5.74. The van der Waals surface area contributed by atoms with Gasteiger partial charge in [0.05, 0.1) is 5.56 Å². The highest BCUT2D eigenvalue weighted by molar-refractivity contribution is 5.24. The Bertz CT molecular complexity index is 437. The van der Waals surface area contributed by atoms with Crippen LogP contribution in [0.15, 0.2) is 24.3 Å². The first kappa shape index (κ1) is 15.3. The van der Waals surface area contributed by atoms with E-state index >= 15 is 0 Å². The Morgan fingerprint density at radius 1 is 1.20 bits per heavy atom. The lowest BCUT2D eigenvalue weighted by Gasteiger charge is -2.30. The Morgan fingerprint density at radius 3 is 2.45 bits per heavy atom. The molecule has 1 aromatic carbocycles. The third-order valence-corrected chi connectivity index (χ3v) is 3.56. The van der Waals surface area contributed by atoms with Crippen molar-refractivity contribution in [1.82, 2.24) is 10.2 Å². The second-order valence-electron chi connectivity index (χ2n) is 6.07. The Kier molecular flexibility index (Phi) is 4.39. The maximum Gasteiger partial charge on any atom is 0.416 e. The maximum absolute atomic E-state index is 12.5. The minimum atomic E-state index is -4.26. The Hall–Kier alpha value is -1.07. The summed E-state index contributed by atoms with van der Waals surface area (Å²) in [7, 11) is 0. The normalized spacial score (nSPS) is 20.6. The summed E-state index contributed by atoms with van der Waals surface area (Å²) in [4.78, 5) is 2.29. The highest BCUT2D eigenvalue weighted by Crippen LogP contribution is 2.29. The van der Waals surface area contributed by atoms with Crippen LogP contribution in [0.25, 0.3) is 0 Å². The SMILES string of the molecule is CC1(C)CN(Cc2ccc(C(F)(F)F)cc2)CCCN1. The molecule has 0 bridgehead atoms. The molecule has 1 saturated heterocycles. The van der Waals surface area contributed by atoms with Crippen LogP contribution >= 0.6 is 0 Å². The van der Waals surface area contributed by atoms with Gasteiger partial charge in [0, 0.05) is 18.6 Å². The van der Waals surface area contributed by atoms with Crippen molar-refractivity contribution in [3.05, 3.63) is 35.4 Å². The van der Waals surface area contributed by atoms with E-state index in [0.717, 1.165) is 43.8 Å². The maximum atomic E-state index is 12.5. The van der Waals surface area contributed by atoms with E-state index in [0.29, 0.717) is 6.54 Å². The summed E-state index contributed by atoms with van der Waals surface area (Å²) in [6.45, 7) is 7.85. The molecule has 0 spiro atoms. The Labute approximate surface area is 118 Å². The van der Waals surface area contributed by atoms with Gasteiger partial charge in [-0.2, -0.15) is 13.2 Å². The molecule has 0 amide bonds. The monoisotopic (exact) mass is 286 g/mol. The van der Waals surface area contributed by atoms with Crippen molar-refractivity contribution in [1.29, 1.82) is 0 Å². The van der Waals surface area contributed by atoms with Crippen molar-refractivity contribution in [2.75, 3.05) is 19.6 Å². The van der Waals surface area contributed by atoms with E-state index in [9.17, 15) is 13.2 Å². The smallest absolute Gasteiger partial charge is 0.310 e. The number of nitrogens with one attached hydrogen (secondary N) is 1. The number of nitrogens with zero attached hydrogens (tertiary/aromatic N) is 1. The average Bonchev–Trinajstić information content (AvgIpc) is 2.49. The summed E-state index contributed by atoms with van der Waals surface area (Å²) in [5.41, 5.74) is 0.386. The number of benzene rings is 1. The van der Waals surface area contributed by atoms with E-state index in [1.165, 1.54) is 0 Å². The largest absolute Gasteiger partial charge is 0.416 e. The minimum absolute atomic E-state index is 0.0441. The molecule has 0 radical (unpaired) electrons. The number of halogens is 3. The van der Waals surface area contributed by atoms with Gasteiger partial charge in [-0.3, -0.25) is 4.90 Å². The van der Waals surface area contributed by atoms with Crippen molar-refractivity contribution >= 4 is 0 Å². The van der Waals surface area contributed by atoms with Crippen LogP contribution in [0.3, 0.4) is 0 Å². The fourth-order valence-corrected chi connectivity index (χ4v) is 2.62. The third-order valence-electron chi connectivity index (χ3n) is 3.56. The van der Waals surface area contributed by atoms with Crippen LogP contribution in [0, 0.1) is 0 Å². The Morgan fingerprint density at radius 2 is 1.85 bits per heavy atom. The van der Waals surface area contributed by atoms with Crippen molar-refractivity contribution in [2.24, 2.45) is 0 Å². The van der Waals surface area contributed by atoms with Gasteiger partial charge in [0.1, 0.15) is 0 Å². The summed E-state index contributed by atoms with van der Waals surface area (Å²) in [5.74, 6) is 0.